The van der Waals surface area contributed by atoms with Crippen LogP contribution in [-0.4, -0.2) is 73.0 Å². The zero-order valence-electron chi connectivity index (χ0n) is 18.7. The average Bonchev–Trinajstić information content (AvgIpc) is 3.18. The highest BCUT2D eigenvalue weighted by atomic mass is 35.5. The molecule has 0 fully saturated rings. The van der Waals surface area contributed by atoms with Gasteiger partial charge in [-0.05, 0) is 24.3 Å². The Kier molecular flexibility index (Phi) is 6.80. The molecule has 0 aliphatic carbocycles. The summed E-state index contributed by atoms with van der Waals surface area (Å²) >= 11 is 6.04. The average molecular weight is 480 g/mol. The molecule has 2 aromatic rings. The summed E-state index contributed by atoms with van der Waals surface area (Å²) in [6, 6.07) is 3.86. The molecule has 3 rings (SSSR count). The minimum Gasteiger partial charge on any atom is -0.478 e. The van der Waals surface area contributed by atoms with Crippen LogP contribution >= 0.6 is 11.6 Å². The van der Waals surface area contributed by atoms with Crippen molar-refractivity contribution in [2.45, 2.75) is 44.2 Å². The van der Waals surface area contributed by atoms with Crippen LogP contribution in [0.5, 0.6) is 0 Å². The van der Waals surface area contributed by atoms with Crippen molar-refractivity contribution in [2.24, 2.45) is 5.92 Å². The second-order valence-electron chi connectivity index (χ2n) is 7.83. The van der Waals surface area contributed by atoms with Crippen molar-refractivity contribution in [3.05, 3.63) is 40.8 Å². The first kappa shape index (κ1) is 23.0. The molecule has 11 nitrogen and oxygen atoms in total. The first-order valence-electron chi connectivity index (χ1n) is 10.4. The zero-order valence-corrected chi connectivity index (χ0v) is 18.4. The van der Waals surface area contributed by atoms with E-state index in [1.807, 2.05) is 6.07 Å². The van der Waals surface area contributed by atoms with Crippen molar-refractivity contribution in [3.8, 4) is 6.07 Å². The van der Waals surface area contributed by atoms with Crippen LogP contribution in [0.2, 0.25) is 6.43 Å². The van der Waals surface area contributed by atoms with Gasteiger partial charge in [-0.2, -0.15) is 10.4 Å². The number of aliphatic hydroxyl groups excluding tert-OH is 3. The number of hydrogen-bond donors (Lipinski definition) is 5. The molecule has 1 amide bonds. The number of carbonyl (C=O) groups is 2. The van der Waals surface area contributed by atoms with Gasteiger partial charge in [0, 0.05) is 16.3 Å². The van der Waals surface area contributed by atoms with Gasteiger partial charge < -0.3 is 30.5 Å². The third-order valence-electron chi connectivity index (χ3n) is 5.22. The number of ether oxygens (including phenoxy) is 1. The van der Waals surface area contributed by atoms with E-state index in [2.05, 4.69) is 5.10 Å². The van der Waals surface area contributed by atoms with Gasteiger partial charge in [-0.1, -0.05) is 25.4 Å². The van der Waals surface area contributed by atoms with Crippen molar-refractivity contribution >= 4 is 34.4 Å². The number of nitrogens with zero attached hydrogens (tertiary/aromatic N) is 3. The lowest BCUT2D eigenvalue weighted by Crippen LogP contribution is -2.59. The lowest BCUT2D eigenvalue weighted by Gasteiger charge is -2.40. The molecule has 1 aromatic carbocycles. The summed E-state index contributed by atoms with van der Waals surface area (Å²) in [6.07, 6.45) is -4.25. The van der Waals surface area contributed by atoms with Crippen LogP contribution in [0.1, 0.15) is 25.6 Å². The number of fused-ring (bicyclic) bond motifs is 1. The molecule has 5 N–H and O–H groups in total. The minimum absolute atomic E-state index is 0.00843. The molecule has 0 saturated carbocycles. The fourth-order valence-corrected chi connectivity index (χ4v) is 3.66. The Morgan fingerprint density at radius 1 is 1.42 bits per heavy atom. The first-order chi connectivity index (χ1) is 16.0. The van der Waals surface area contributed by atoms with Gasteiger partial charge in [0.15, 0.2) is 1.41 Å². The van der Waals surface area contributed by atoms with Crippen molar-refractivity contribution in [2.75, 3.05) is 6.61 Å². The number of carboxylic acids is 1. The number of halogens is 1. The predicted octanol–water partition coefficient (Wildman–Crippen LogP) is 0.325. The maximum Gasteiger partial charge on any atom is 0.370 e. The predicted molar refractivity (Wildman–Crippen MR) is 115 cm³/mol. The maximum absolute atomic E-state index is 12.8. The van der Waals surface area contributed by atoms with Crippen molar-refractivity contribution in [3.63, 3.8) is 0 Å². The summed E-state index contributed by atoms with van der Waals surface area (Å²) in [5.41, 5.74) is 0.296. The van der Waals surface area contributed by atoms with Crippen LogP contribution in [0.3, 0.4) is 0 Å². The summed E-state index contributed by atoms with van der Waals surface area (Å²) in [5, 5.41) is 55.1. The number of nitrogens with one attached hydrogen (secondary N) is 1. The van der Waals surface area contributed by atoms with E-state index in [-0.39, 0.29) is 5.69 Å². The molecule has 1 aliphatic rings. The van der Waals surface area contributed by atoms with Crippen molar-refractivity contribution in [1.82, 2.24) is 15.1 Å². The Bertz CT molecular complexity index is 1180. The number of benzene rings is 1. The van der Waals surface area contributed by atoms with E-state index < -0.39 is 60.6 Å². The van der Waals surface area contributed by atoms with Crippen LogP contribution < -0.4 is 5.31 Å². The Morgan fingerprint density at radius 2 is 2.12 bits per heavy atom. The highest BCUT2D eigenvalue weighted by Crippen LogP contribution is 2.33. The molecule has 5 atom stereocenters. The van der Waals surface area contributed by atoms with Crippen LogP contribution in [0.25, 0.3) is 10.9 Å². The smallest absolute Gasteiger partial charge is 0.370 e. The highest BCUT2D eigenvalue weighted by molar-refractivity contribution is 6.31. The van der Waals surface area contributed by atoms with E-state index >= 15 is 0 Å². The van der Waals surface area contributed by atoms with Gasteiger partial charge in [-0.25, -0.2) is 9.48 Å². The summed E-state index contributed by atoms with van der Waals surface area (Å²) < 4.78 is 15.0. The fraction of sp³-hybridized carbons (Fsp3) is 0.429. The zero-order chi connectivity index (χ0) is 25.3. The quantitative estimate of drug-likeness (QED) is 0.374. The molecular formula is C21H23ClN4O7. The van der Waals surface area contributed by atoms with Gasteiger partial charge in [0.2, 0.25) is 11.7 Å². The van der Waals surface area contributed by atoms with Crippen LogP contribution in [0.4, 0.5) is 0 Å². The summed E-state index contributed by atoms with van der Waals surface area (Å²) in [7, 11) is 0. The molecule has 1 aromatic heterocycles. The second-order valence-corrected chi connectivity index (χ2v) is 8.27. The lowest BCUT2D eigenvalue weighted by molar-refractivity contribution is -0.147. The number of aliphatic hydroxyl groups is 3. The van der Waals surface area contributed by atoms with E-state index in [4.69, 9.17) is 17.7 Å². The standard InChI is InChI=1S/C21H23ClN4O7/c1-9(2)20(30)24-17-13(6-16(21(31)32)33-19(17)18(29)15(28)8-27)26-14(7-23)11-4-3-10(22)5-12(11)25-26/h3-6,9,13,15,17-19,27-29H,8H2,1-2H3,(H,24,30)(H,31,32)/t13-,15+,17+,18+,19+/m0/s1/i/hD. The second kappa shape index (κ2) is 9.76. The number of amides is 1. The Hall–Kier alpha value is -3.17. The maximum atomic E-state index is 12.8. The number of carboxylic acid groups (broad SMARTS) is 1. The largest absolute Gasteiger partial charge is 0.478 e. The van der Waals surface area contributed by atoms with Crippen molar-refractivity contribution in [1.29, 1.82) is 5.26 Å². The topological polar surface area (TPSA) is 178 Å². The molecular weight excluding hydrogens is 456 g/mol. The number of aromatic nitrogens is 2. The monoisotopic (exact) mass is 479 g/mol. The third-order valence-corrected chi connectivity index (χ3v) is 5.45. The summed E-state index contributed by atoms with van der Waals surface area (Å²) in [5.74, 6) is -3.53. The van der Waals surface area contributed by atoms with Crippen molar-refractivity contribution < 1.29 is 36.2 Å². The number of hydrogen-bond acceptors (Lipinski definition) is 8. The van der Waals surface area contributed by atoms with E-state index in [1.54, 1.807) is 26.0 Å². The van der Waals surface area contributed by atoms with E-state index in [0.29, 0.717) is 21.2 Å². The SMILES string of the molecule is [2H]N(C(=O)C(C)C)[C@H]1[C@H]([C@H](O)[C@H](O)CO)OC(C(=O)O)=C[C@@H]1n1nc2cc(Cl)ccc2c1C#N. The van der Waals surface area contributed by atoms with E-state index in [0.717, 1.165) is 10.8 Å². The van der Waals surface area contributed by atoms with Crippen LogP contribution in [0.15, 0.2) is 30.0 Å². The molecule has 0 spiro atoms. The van der Waals surface area contributed by atoms with E-state index in [9.17, 15) is 35.3 Å². The highest BCUT2D eigenvalue weighted by Gasteiger charge is 2.45. The van der Waals surface area contributed by atoms with Crippen LogP contribution in [-0.2, 0) is 14.3 Å². The van der Waals surface area contributed by atoms with Gasteiger partial charge in [0.05, 0.1) is 24.2 Å². The Balaban J connectivity index is 2.28. The van der Waals surface area contributed by atoms with Gasteiger partial charge in [-0.15, -0.1) is 0 Å². The number of rotatable bonds is 7. The third kappa shape index (κ3) is 4.79. The van der Waals surface area contributed by atoms with Gasteiger partial charge >= 0.3 is 5.97 Å². The van der Waals surface area contributed by atoms with Gasteiger partial charge in [0.25, 0.3) is 0 Å². The minimum atomic E-state index is -1.89. The van der Waals surface area contributed by atoms with E-state index in [1.165, 1.54) is 6.07 Å². The number of nitriles is 1. The molecule has 2 heterocycles. The first-order valence-corrected chi connectivity index (χ1v) is 10.4. The fourth-order valence-electron chi connectivity index (χ4n) is 3.49. The van der Waals surface area contributed by atoms with Gasteiger partial charge in [0.1, 0.15) is 30.1 Å². The normalized spacial score (nSPS) is 22.7. The van der Waals surface area contributed by atoms with Crippen LogP contribution in [0, 0.1) is 17.2 Å². The molecule has 1 aliphatic heterocycles. The molecule has 33 heavy (non-hydrogen) atoms. The molecule has 12 heteroatoms. The molecule has 0 saturated heterocycles. The Labute approximate surface area is 194 Å². The molecule has 0 radical (unpaired) electrons. The lowest BCUT2D eigenvalue weighted by atomic mass is 9.91. The van der Waals surface area contributed by atoms with Gasteiger partial charge in [-0.3, -0.25) is 4.79 Å². The number of carbonyl (C=O) groups excluding carboxylic acids is 1. The molecule has 176 valence electrons. The summed E-state index contributed by atoms with van der Waals surface area (Å²) in [6.45, 7) is 2.19. The molecule has 0 bridgehead atoms. The Morgan fingerprint density at radius 3 is 2.70 bits per heavy atom. The number of aliphatic carboxylic acids is 1. The summed E-state index contributed by atoms with van der Waals surface area (Å²) in [4.78, 5) is 24.6. The molecule has 0 unspecified atom stereocenters.